The van der Waals surface area contributed by atoms with Gasteiger partial charge in [-0.05, 0) is 37.6 Å². The van der Waals surface area contributed by atoms with E-state index in [2.05, 4.69) is 10.1 Å². The number of hydrogen-bond acceptors (Lipinski definition) is 4. The molecule has 3 aromatic rings. The fourth-order valence-corrected chi connectivity index (χ4v) is 2.50. The van der Waals surface area contributed by atoms with Crippen molar-refractivity contribution < 1.29 is 4.92 Å². The summed E-state index contributed by atoms with van der Waals surface area (Å²) < 4.78 is 1.49. The summed E-state index contributed by atoms with van der Waals surface area (Å²) in [5, 5.41) is 13.7. The zero-order valence-electron chi connectivity index (χ0n) is 13.8. The van der Waals surface area contributed by atoms with Gasteiger partial charge >= 0.3 is 0 Å². The molecule has 0 spiro atoms. The minimum absolute atomic E-state index is 0.00122. The fourth-order valence-electron chi connectivity index (χ4n) is 2.50. The standard InChI is InChI=1S/C18H16N4O3/c1-12-5-3-4-6-17(12)21-18(23)16(13(2)20-21)11-19-14-7-9-15(10-8-14)22(24)25/h3-11,20H,1-2H3. The summed E-state index contributed by atoms with van der Waals surface area (Å²) in [6, 6.07) is 13.4. The number of nitro benzene ring substituents is 1. The SMILES string of the molecule is Cc1ccccc1-n1[nH]c(C)c(C=Nc2ccc([N+](=O)[O-])cc2)c1=O. The highest BCUT2D eigenvalue weighted by Gasteiger charge is 2.12. The first-order valence-corrected chi connectivity index (χ1v) is 7.63. The summed E-state index contributed by atoms with van der Waals surface area (Å²) >= 11 is 0. The molecule has 0 radical (unpaired) electrons. The third-order valence-electron chi connectivity index (χ3n) is 3.88. The van der Waals surface area contributed by atoms with E-state index in [4.69, 9.17) is 0 Å². The molecule has 0 aliphatic carbocycles. The van der Waals surface area contributed by atoms with Crippen LogP contribution in [0.3, 0.4) is 0 Å². The Morgan fingerprint density at radius 3 is 2.44 bits per heavy atom. The molecule has 0 saturated heterocycles. The molecule has 7 heteroatoms. The third-order valence-corrected chi connectivity index (χ3v) is 3.88. The topological polar surface area (TPSA) is 93.3 Å². The number of benzene rings is 2. The van der Waals surface area contributed by atoms with Crippen molar-refractivity contribution in [1.29, 1.82) is 0 Å². The van der Waals surface area contributed by atoms with Gasteiger partial charge in [0.25, 0.3) is 11.2 Å². The van der Waals surface area contributed by atoms with Crippen molar-refractivity contribution in [2.75, 3.05) is 0 Å². The van der Waals surface area contributed by atoms with Crippen molar-refractivity contribution in [3.05, 3.63) is 85.8 Å². The Kier molecular flexibility index (Phi) is 4.30. The van der Waals surface area contributed by atoms with Crippen LogP contribution in [0, 0.1) is 24.0 Å². The van der Waals surface area contributed by atoms with Gasteiger partial charge in [0, 0.05) is 24.0 Å². The molecule has 0 unspecified atom stereocenters. The molecule has 0 amide bonds. The van der Waals surface area contributed by atoms with Crippen molar-refractivity contribution in [2.24, 2.45) is 4.99 Å². The maximum atomic E-state index is 12.7. The summed E-state index contributed by atoms with van der Waals surface area (Å²) in [4.78, 5) is 27.1. The fraction of sp³-hybridized carbons (Fsp3) is 0.111. The molecule has 0 fully saturated rings. The van der Waals surface area contributed by atoms with Crippen LogP contribution in [0.25, 0.3) is 5.69 Å². The molecule has 1 heterocycles. The lowest BCUT2D eigenvalue weighted by Gasteiger charge is -2.04. The molecule has 126 valence electrons. The third kappa shape index (κ3) is 3.25. The first-order chi connectivity index (χ1) is 12.0. The maximum absolute atomic E-state index is 12.7. The van der Waals surface area contributed by atoms with Gasteiger partial charge in [0.05, 0.1) is 21.9 Å². The monoisotopic (exact) mass is 336 g/mol. The number of aliphatic imine (C=N–C) groups is 1. The van der Waals surface area contributed by atoms with Crippen molar-refractivity contribution >= 4 is 17.6 Å². The van der Waals surface area contributed by atoms with Crippen LogP contribution in [0.4, 0.5) is 11.4 Å². The second-order valence-corrected chi connectivity index (χ2v) is 5.61. The number of rotatable bonds is 4. The van der Waals surface area contributed by atoms with Gasteiger partial charge in [-0.2, -0.15) is 0 Å². The Morgan fingerprint density at radius 1 is 1.12 bits per heavy atom. The number of non-ortho nitro benzene ring substituents is 1. The summed E-state index contributed by atoms with van der Waals surface area (Å²) in [5.74, 6) is 0. The Hall–Kier alpha value is -3.48. The highest BCUT2D eigenvalue weighted by molar-refractivity contribution is 5.83. The Labute approximate surface area is 143 Å². The zero-order valence-corrected chi connectivity index (χ0v) is 13.8. The van der Waals surface area contributed by atoms with E-state index in [-0.39, 0.29) is 11.2 Å². The number of nitrogens with one attached hydrogen (secondary N) is 1. The molecule has 0 aliphatic rings. The van der Waals surface area contributed by atoms with Crippen molar-refractivity contribution in [2.45, 2.75) is 13.8 Å². The van der Waals surface area contributed by atoms with Gasteiger partial charge in [-0.1, -0.05) is 18.2 Å². The second-order valence-electron chi connectivity index (χ2n) is 5.61. The summed E-state index contributed by atoms with van der Waals surface area (Å²) in [5.41, 5.74) is 3.24. The normalized spacial score (nSPS) is 11.1. The number of nitro groups is 1. The van der Waals surface area contributed by atoms with Crippen LogP contribution in [-0.4, -0.2) is 20.9 Å². The molecule has 0 atom stereocenters. The smallest absolute Gasteiger partial charge is 0.280 e. The van der Waals surface area contributed by atoms with Crippen molar-refractivity contribution in [3.63, 3.8) is 0 Å². The minimum Gasteiger partial charge on any atom is -0.295 e. The van der Waals surface area contributed by atoms with Crippen LogP contribution in [0.15, 0.2) is 58.3 Å². The van der Waals surface area contributed by atoms with E-state index >= 15 is 0 Å². The summed E-state index contributed by atoms with van der Waals surface area (Å²) in [6.07, 6.45) is 1.48. The van der Waals surface area contributed by atoms with E-state index in [9.17, 15) is 14.9 Å². The first kappa shape index (κ1) is 16.4. The number of hydrogen-bond donors (Lipinski definition) is 1. The second kappa shape index (κ2) is 6.56. The number of aryl methyl sites for hydroxylation is 2. The summed E-state index contributed by atoms with van der Waals surface area (Å²) in [7, 11) is 0. The lowest BCUT2D eigenvalue weighted by Crippen LogP contribution is -2.18. The van der Waals surface area contributed by atoms with E-state index in [1.165, 1.54) is 35.2 Å². The van der Waals surface area contributed by atoms with Gasteiger partial charge in [0.2, 0.25) is 0 Å². The van der Waals surface area contributed by atoms with Crippen molar-refractivity contribution in [3.8, 4) is 5.69 Å². The maximum Gasteiger partial charge on any atom is 0.280 e. The van der Waals surface area contributed by atoms with E-state index in [0.29, 0.717) is 16.9 Å². The minimum atomic E-state index is -0.468. The number of aromatic amines is 1. The van der Waals surface area contributed by atoms with Crippen LogP contribution in [0.5, 0.6) is 0 Å². The highest BCUT2D eigenvalue weighted by atomic mass is 16.6. The van der Waals surface area contributed by atoms with Crippen LogP contribution < -0.4 is 5.56 Å². The number of nitrogens with zero attached hydrogens (tertiary/aromatic N) is 3. The molecule has 25 heavy (non-hydrogen) atoms. The lowest BCUT2D eigenvalue weighted by molar-refractivity contribution is -0.384. The average Bonchev–Trinajstić information content (AvgIpc) is 2.88. The quantitative estimate of drug-likeness (QED) is 0.449. The number of aromatic nitrogens is 2. The predicted octanol–water partition coefficient (Wildman–Crippen LogP) is 3.44. The number of H-pyrrole nitrogens is 1. The molecule has 0 saturated carbocycles. The van der Waals surface area contributed by atoms with Gasteiger partial charge in [0.15, 0.2) is 0 Å². The molecule has 0 aliphatic heterocycles. The largest absolute Gasteiger partial charge is 0.295 e. The van der Waals surface area contributed by atoms with Crippen molar-refractivity contribution in [1.82, 2.24) is 9.78 Å². The van der Waals surface area contributed by atoms with Crippen LogP contribution >= 0.6 is 0 Å². The van der Waals surface area contributed by atoms with E-state index in [1.807, 2.05) is 31.2 Å². The molecule has 1 N–H and O–H groups in total. The van der Waals surface area contributed by atoms with E-state index in [0.717, 1.165) is 11.3 Å². The van der Waals surface area contributed by atoms with Crippen LogP contribution in [0.1, 0.15) is 16.8 Å². The van der Waals surface area contributed by atoms with Gasteiger partial charge in [-0.3, -0.25) is 25.0 Å². The lowest BCUT2D eigenvalue weighted by atomic mass is 10.2. The predicted molar refractivity (Wildman–Crippen MR) is 96.2 cm³/mol. The molecule has 2 aromatic carbocycles. The molecular formula is C18H16N4O3. The number of para-hydroxylation sites is 1. The molecule has 1 aromatic heterocycles. The van der Waals surface area contributed by atoms with Gasteiger partial charge in [0.1, 0.15) is 0 Å². The van der Waals surface area contributed by atoms with E-state index in [1.54, 1.807) is 6.92 Å². The van der Waals surface area contributed by atoms with Gasteiger partial charge < -0.3 is 0 Å². The van der Waals surface area contributed by atoms with Gasteiger partial charge in [-0.15, -0.1) is 0 Å². The molecule has 0 bridgehead atoms. The Morgan fingerprint density at radius 2 is 1.80 bits per heavy atom. The van der Waals surface area contributed by atoms with Gasteiger partial charge in [-0.25, -0.2) is 4.68 Å². The molecular weight excluding hydrogens is 320 g/mol. The van der Waals surface area contributed by atoms with E-state index < -0.39 is 4.92 Å². The zero-order chi connectivity index (χ0) is 18.0. The first-order valence-electron chi connectivity index (χ1n) is 7.63. The average molecular weight is 336 g/mol. The highest BCUT2D eigenvalue weighted by Crippen LogP contribution is 2.18. The van der Waals surface area contributed by atoms with Crippen LogP contribution in [0.2, 0.25) is 0 Å². The molecule has 7 nitrogen and oxygen atoms in total. The Bertz CT molecular complexity index is 1010. The summed E-state index contributed by atoms with van der Waals surface area (Å²) in [6.45, 7) is 3.73. The molecule has 3 rings (SSSR count). The Balaban J connectivity index is 1.95. The van der Waals surface area contributed by atoms with Crippen LogP contribution in [-0.2, 0) is 0 Å².